The van der Waals surface area contributed by atoms with Crippen LogP contribution in [0.25, 0.3) is 0 Å². The van der Waals surface area contributed by atoms with Crippen molar-refractivity contribution in [3.8, 4) is 0 Å². The molecule has 0 aliphatic rings. The fourth-order valence-corrected chi connectivity index (χ4v) is 8.23. The van der Waals surface area contributed by atoms with Crippen molar-refractivity contribution >= 4 is 40.1 Å². The lowest BCUT2D eigenvalue weighted by Gasteiger charge is -2.37. The monoisotopic (exact) mass is 1020 g/mol. The molecule has 0 amide bonds. The van der Waals surface area contributed by atoms with E-state index >= 15 is 0 Å². The molecule has 0 fully saturated rings. The van der Waals surface area contributed by atoms with Gasteiger partial charge in [0.15, 0.2) is 0 Å². The van der Waals surface area contributed by atoms with Gasteiger partial charge < -0.3 is 4.74 Å². The number of hydrogen-bond donors (Lipinski definition) is 2. The van der Waals surface area contributed by atoms with Gasteiger partial charge in [0, 0.05) is 0 Å². The van der Waals surface area contributed by atoms with Crippen molar-refractivity contribution in [2.75, 3.05) is 0 Å². The molecule has 0 rings (SSSR count). The van der Waals surface area contributed by atoms with Crippen LogP contribution in [0.15, 0.2) is 12.1 Å². The molecular weight excluding hydrogens is 1020 g/mol. The maximum absolute atomic E-state index is 14.2. The quantitative estimate of drug-likeness (QED) is 0.126. The highest BCUT2D eigenvalue weighted by Crippen LogP contribution is 2.57. The van der Waals surface area contributed by atoms with Crippen molar-refractivity contribution in [3.05, 3.63) is 12.1 Å². The van der Waals surface area contributed by atoms with Crippen molar-refractivity contribution in [3.63, 3.8) is 0 Å². The summed E-state index contributed by atoms with van der Waals surface area (Å²) in [6.45, 7) is 0. The van der Waals surface area contributed by atoms with Gasteiger partial charge in [0.1, 0.15) is 0 Å². The Morgan fingerprint density at radius 3 is 0.897 bits per heavy atom. The van der Waals surface area contributed by atoms with E-state index < -0.39 is 130 Å². The molecular formula is C14H2F28N2O10S4. The number of nitrogens with one attached hydrogen (secondary N) is 2. The SMILES string of the molecule is O=S(=O)(NS(=O)(=O)C(F)(F)C(F)(F)C(F)(F)S(=O)(=O)NS(=O)(=O)C(F)(F)C(F)(F)C(F)(F)C(F)(F)F)C(F)(F)C(F)(F)OC(F)(C(F)(F)F)C(F)(F)OC(F)=C(F)F. The normalized spacial score (nSPS) is 17.2. The second-order valence-corrected chi connectivity index (χ2v) is 16.7. The summed E-state index contributed by atoms with van der Waals surface area (Å²) < 4.78 is 463. The van der Waals surface area contributed by atoms with Gasteiger partial charge in [-0.3, -0.25) is 4.74 Å². The van der Waals surface area contributed by atoms with Crippen LogP contribution >= 0.6 is 0 Å². The Kier molecular flexibility index (Phi) is 13.8. The molecule has 0 spiro atoms. The zero-order valence-electron chi connectivity index (χ0n) is 24.3. The third-order valence-corrected chi connectivity index (χ3v) is 12.6. The van der Waals surface area contributed by atoms with Crippen molar-refractivity contribution in [1.29, 1.82) is 0 Å². The summed E-state index contributed by atoms with van der Waals surface area (Å²) >= 11 is 0. The molecule has 0 saturated heterocycles. The van der Waals surface area contributed by atoms with Crippen LogP contribution in [-0.4, -0.2) is 103 Å². The maximum atomic E-state index is 14.2. The number of rotatable bonds is 18. The molecule has 0 saturated carbocycles. The van der Waals surface area contributed by atoms with E-state index in [1.54, 1.807) is 4.74 Å². The highest BCUT2D eigenvalue weighted by atomic mass is 32.3. The van der Waals surface area contributed by atoms with Gasteiger partial charge in [0.05, 0.1) is 0 Å². The largest absolute Gasteiger partial charge is 0.471 e. The second-order valence-electron chi connectivity index (χ2n) is 9.33. The van der Waals surface area contributed by atoms with Crippen molar-refractivity contribution in [1.82, 2.24) is 8.25 Å². The van der Waals surface area contributed by atoms with E-state index in [1.807, 2.05) is 0 Å². The van der Waals surface area contributed by atoms with E-state index in [1.165, 1.54) is 4.74 Å². The standard InChI is InChI=1S/C14H2F28N2O10S4/c15-1(16)2(17)53-9(31,32)6(24,8(28,29)30)54-10(33,34)14(41,42)58(51,52)44-57(49,50)13(39,40)5(22,23)12(37,38)56(47,48)43-55(45,46)11(35,36)4(20,21)3(18,19)7(25,26)27/h43-44H. The first-order valence-corrected chi connectivity index (χ1v) is 17.3. The molecule has 0 aromatic rings. The minimum atomic E-state index is -9.45. The average Bonchev–Trinajstić information content (AvgIpc) is 2.93. The average molecular weight is 1020 g/mol. The van der Waals surface area contributed by atoms with E-state index in [9.17, 15) is 157 Å². The smallest absolute Gasteiger partial charge is 0.398 e. The molecule has 0 heterocycles. The molecule has 1 unspecified atom stereocenters. The molecule has 0 aliphatic carbocycles. The fraction of sp³-hybridized carbons (Fsp3) is 0.857. The van der Waals surface area contributed by atoms with Crippen LogP contribution in [0.4, 0.5) is 123 Å². The first kappa shape index (κ1) is 55.3. The molecule has 12 nitrogen and oxygen atoms in total. The Balaban J connectivity index is 7.31. The molecule has 0 bridgehead atoms. The van der Waals surface area contributed by atoms with Crippen LogP contribution in [0.5, 0.6) is 0 Å². The van der Waals surface area contributed by atoms with Gasteiger partial charge in [0.25, 0.3) is 40.1 Å². The summed E-state index contributed by atoms with van der Waals surface area (Å²) in [7, 11) is -37.4. The van der Waals surface area contributed by atoms with Gasteiger partial charge in [-0.15, -0.1) is 0 Å². The van der Waals surface area contributed by atoms with E-state index in [4.69, 9.17) is 0 Å². The van der Waals surface area contributed by atoms with Gasteiger partial charge in [-0.25, -0.2) is 33.7 Å². The van der Waals surface area contributed by atoms with Gasteiger partial charge in [-0.05, 0) is 0 Å². The summed E-state index contributed by atoms with van der Waals surface area (Å²) in [5, 5.41) is -35.0. The lowest BCUT2D eigenvalue weighted by molar-refractivity contribution is -0.510. The lowest BCUT2D eigenvalue weighted by atomic mass is 10.1. The lowest BCUT2D eigenvalue weighted by Crippen LogP contribution is -2.69. The number of sulfonamides is 4. The first-order chi connectivity index (χ1) is 24.4. The zero-order valence-corrected chi connectivity index (χ0v) is 27.6. The summed E-state index contributed by atoms with van der Waals surface area (Å²) in [5.41, 5.74) is 0. The number of halogens is 28. The van der Waals surface area contributed by atoms with Crippen LogP contribution in [0.3, 0.4) is 0 Å². The Morgan fingerprint density at radius 1 is 0.362 bits per heavy atom. The van der Waals surface area contributed by atoms with E-state index in [2.05, 4.69) is 0 Å². The Hall–Kier alpha value is -2.74. The van der Waals surface area contributed by atoms with Crippen molar-refractivity contribution < 1.29 is 166 Å². The molecule has 348 valence electrons. The summed E-state index contributed by atoms with van der Waals surface area (Å²) in [5.74, 6) is -34.6. The minimum absolute atomic E-state index is 1.17. The maximum Gasteiger partial charge on any atom is 0.471 e. The zero-order chi connectivity index (χ0) is 48.0. The van der Waals surface area contributed by atoms with Crippen LogP contribution in [-0.2, 0) is 49.6 Å². The van der Waals surface area contributed by atoms with Crippen LogP contribution in [0.1, 0.15) is 0 Å². The van der Waals surface area contributed by atoms with Gasteiger partial charge in [-0.1, -0.05) is 8.25 Å². The Labute approximate surface area is 296 Å². The molecule has 58 heavy (non-hydrogen) atoms. The van der Waals surface area contributed by atoms with E-state index in [-0.39, 0.29) is 0 Å². The third-order valence-electron chi connectivity index (χ3n) is 5.35. The predicted molar refractivity (Wildman–Crippen MR) is 115 cm³/mol. The third kappa shape index (κ3) is 8.32. The predicted octanol–water partition coefficient (Wildman–Crippen LogP) is 5.81. The highest BCUT2D eigenvalue weighted by molar-refractivity contribution is 8.06. The number of ether oxygens (including phenoxy) is 2. The Bertz CT molecular complexity index is 2050. The number of alkyl halides is 25. The first-order valence-electron chi connectivity index (χ1n) is 11.3. The molecule has 0 aromatic heterocycles. The van der Waals surface area contributed by atoms with Crippen molar-refractivity contribution in [2.24, 2.45) is 0 Å². The number of hydrogen-bond acceptors (Lipinski definition) is 10. The minimum Gasteiger partial charge on any atom is -0.398 e. The molecule has 0 radical (unpaired) electrons. The molecule has 0 aromatic carbocycles. The summed E-state index contributed by atoms with van der Waals surface area (Å²) in [6.07, 6.45) is -37.3. The Morgan fingerprint density at radius 2 is 0.638 bits per heavy atom. The molecule has 1 atom stereocenters. The highest BCUT2D eigenvalue weighted by Gasteiger charge is 2.88. The summed E-state index contributed by atoms with van der Waals surface area (Å²) in [6, 6.07) is -4.43. The van der Waals surface area contributed by atoms with Gasteiger partial charge in [-0.2, -0.15) is 123 Å². The van der Waals surface area contributed by atoms with Gasteiger partial charge >= 0.3 is 81.3 Å². The van der Waals surface area contributed by atoms with E-state index in [0.717, 1.165) is 0 Å². The van der Waals surface area contributed by atoms with Gasteiger partial charge in [0.2, 0.25) is 0 Å². The van der Waals surface area contributed by atoms with E-state index in [0.29, 0.717) is 0 Å². The van der Waals surface area contributed by atoms with Crippen molar-refractivity contribution in [2.45, 2.75) is 69.2 Å². The van der Waals surface area contributed by atoms with Crippen LogP contribution in [0, 0.1) is 0 Å². The summed E-state index contributed by atoms with van der Waals surface area (Å²) in [4.78, 5) is 0. The molecule has 2 N–H and O–H groups in total. The topological polar surface area (TPSA) is 179 Å². The second kappa shape index (κ2) is 14.4. The molecule has 0 aliphatic heterocycles. The fourth-order valence-electron chi connectivity index (χ4n) is 2.43. The van der Waals surface area contributed by atoms with Crippen LogP contribution in [0.2, 0.25) is 0 Å². The van der Waals surface area contributed by atoms with Crippen LogP contribution < -0.4 is 8.25 Å². The molecule has 44 heteroatoms.